The molecule has 0 spiro atoms. The van der Waals surface area contributed by atoms with Crippen molar-refractivity contribution in [3.05, 3.63) is 18.2 Å². The molecule has 0 saturated carbocycles. The second-order valence-electron chi connectivity index (χ2n) is 4.58. The highest BCUT2D eigenvalue weighted by Crippen LogP contribution is 2.21. The smallest absolute Gasteiger partial charge is 0.203 e. The van der Waals surface area contributed by atoms with Gasteiger partial charge in [0.1, 0.15) is 0 Å². The van der Waals surface area contributed by atoms with Crippen LogP contribution >= 0.6 is 11.8 Å². The van der Waals surface area contributed by atoms with Crippen LogP contribution < -0.4 is 10.6 Å². The van der Waals surface area contributed by atoms with Gasteiger partial charge in [-0.05, 0) is 43.6 Å². The largest absolute Gasteiger partial charge is 0.399 e. The fraction of sp³-hybridized carbons (Fsp3) is 0.462. The second kappa shape index (κ2) is 5.52. The molecule has 2 rings (SSSR count). The highest BCUT2D eigenvalue weighted by atomic mass is 32.2. The van der Waals surface area contributed by atoms with Crippen molar-refractivity contribution in [3.8, 4) is 0 Å². The second-order valence-corrected chi connectivity index (χ2v) is 5.56. The molecule has 0 bridgehead atoms. The predicted octanol–water partition coefficient (Wildman–Crippen LogP) is 2.72. The van der Waals surface area contributed by atoms with Crippen molar-refractivity contribution in [1.29, 1.82) is 0 Å². The van der Waals surface area contributed by atoms with Crippen LogP contribution in [0.1, 0.15) is 13.3 Å². The van der Waals surface area contributed by atoms with Gasteiger partial charge in [0.2, 0.25) is 5.95 Å². The first-order valence-corrected chi connectivity index (χ1v) is 7.48. The zero-order chi connectivity index (χ0) is 13.1. The molecular formula is C13H20N4S. The monoisotopic (exact) mass is 264 g/mol. The lowest BCUT2D eigenvalue weighted by Crippen LogP contribution is -2.30. The van der Waals surface area contributed by atoms with Crippen LogP contribution in [-0.2, 0) is 0 Å². The molecule has 1 unspecified atom stereocenters. The molecule has 0 fully saturated rings. The van der Waals surface area contributed by atoms with Gasteiger partial charge in [0, 0.05) is 18.8 Å². The fourth-order valence-corrected chi connectivity index (χ4v) is 2.45. The summed E-state index contributed by atoms with van der Waals surface area (Å²) in [5, 5.41) is 0. The first-order valence-electron chi connectivity index (χ1n) is 6.09. The van der Waals surface area contributed by atoms with E-state index in [0.717, 1.165) is 29.1 Å². The number of fused-ring (bicyclic) bond motifs is 1. The number of hydrogen-bond acceptors (Lipinski definition) is 4. The van der Waals surface area contributed by atoms with E-state index in [1.807, 2.05) is 30.0 Å². The summed E-state index contributed by atoms with van der Waals surface area (Å²) in [6, 6.07) is 6.22. The molecule has 0 aliphatic rings. The maximum atomic E-state index is 5.77. The Labute approximate surface area is 112 Å². The van der Waals surface area contributed by atoms with Crippen molar-refractivity contribution in [2.45, 2.75) is 19.4 Å². The molecule has 98 valence electrons. The Balaban J connectivity index is 2.19. The van der Waals surface area contributed by atoms with E-state index in [-0.39, 0.29) is 0 Å². The Bertz CT molecular complexity index is 523. The normalized spacial score (nSPS) is 12.8. The van der Waals surface area contributed by atoms with Crippen LogP contribution in [-0.4, -0.2) is 35.1 Å². The Morgan fingerprint density at radius 2 is 2.28 bits per heavy atom. The van der Waals surface area contributed by atoms with Gasteiger partial charge in [-0.25, -0.2) is 4.98 Å². The summed E-state index contributed by atoms with van der Waals surface area (Å²) in [5.74, 6) is 2.07. The topological polar surface area (TPSA) is 57.9 Å². The maximum Gasteiger partial charge on any atom is 0.203 e. The molecule has 0 aliphatic carbocycles. The number of imidazole rings is 1. The number of nitrogens with two attached hydrogens (primary N) is 1. The average Bonchev–Trinajstić information content (AvgIpc) is 2.77. The lowest BCUT2D eigenvalue weighted by atomic mass is 10.2. The van der Waals surface area contributed by atoms with Gasteiger partial charge in [-0.2, -0.15) is 11.8 Å². The van der Waals surface area contributed by atoms with Crippen LogP contribution in [0.4, 0.5) is 11.6 Å². The number of aromatic nitrogens is 2. The number of nitrogens with one attached hydrogen (secondary N) is 1. The van der Waals surface area contributed by atoms with Crippen molar-refractivity contribution < 1.29 is 0 Å². The van der Waals surface area contributed by atoms with E-state index in [4.69, 9.17) is 5.73 Å². The molecule has 0 radical (unpaired) electrons. The minimum absolute atomic E-state index is 0.468. The number of nitrogens with zero attached hydrogens (tertiary/aromatic N) is 2. The van der Waals surface area contributed by atoms with E-state index in [0.29, 0.717) is 6.04 Å². The van der Waals surface area contributed by atoms with E-state index >= 15 is 0 Å². The van der Waals surface area contributed by atoms with Gasteiger partial charge < -0.3 is 15.6 Å². The highest BCUT2D eigenvalue weighted by Gasteiger charge is 2.13. The van der Waals surface area contributed by atoms with Gasteiger partial charge in [-0.3, -0.25) is 0 Å². The minimum Gasteiger partial charge on any atom is -0.399 e. The number of H-pyrrole nitrogens is 1. The van der Waals surface area contributed by atoms with Gasteiger partial charge in [0.15, 0.2) is 0 Å². The fourth-order valence-electron chi connectivity index (χ4n) is 1.87. The van der Waals surface area contributed by atoms with Crippen LogP contribution in [0.3, 0.4) is 0 Å². The van der Waals surface area contributed by atoms with Crippen LogP contribution in [0, 0.1) is 0 Å². The molecule has 1 aromatic carbocycles. The van der Waals surface area contributed by atoms with Crippen LogP contribution in [0.25, 0.3) is 11.0 Å². The molecule has 1 atom stereocenters. The van der Waals surface area contributed by atoms with Gasteiger partial charge in [-0.1, -0.05) is 0 Å². The van der Waals surface area contributed by atoms with Crippen molar-refractivity contribution in [1.82, 2.24) is 9.97 Å². The molecule has 1 aromatic heterocycles. The number of rotatable bonds is 5. The van der Waals surface area contributed by atoms with E-state index in [2.05, 4.69) is 35.1 Å². The van der Waals surface area contributed by atoms with E-state index in [1.165, 1.54) is 5.75 Å². The molecule has 4 nitrogen and oxygen atoms in total. The van der Waals surface area contributed by atoms with Crippen molar-refractivity contribution in [2.24, 2.45) is 0 Å². The van der Waals surface area contributed by atoms with Crippen LogP contribution in [0.5, 0.6) is 0 Å². The summed E-state index contributed by atoms with van der Waals surface area (Å²) in [4.78, 5) is 10.1. The quantitative estimate of drug-likeness (QED) is 0.815. The zero-order valence-electron chi connectivity index (χ0n) is 11.1. The van der Waals surface area contributed by atoms with Crippen LogP contribution in [0.15, 0.2) is 18.2 Å². The molecule has 3 N–H and O–H groups in total. The number of anilines is 2. The highest BCUT2D eigenvalue weighted by molar-refractivity contribution is 7.98. The van der Waals surface area contributed by atoms with Crippen molar-refractivity contribution in [3.63, 3.8) is 0 Å². The Morgan fingerprint density at radius 1 is 1.50 bits per heavy atom. The maximum absolute atomic E-state index is 5.77. The van der Waals surface area contributed by atoms with Gasteiger partial charge in [-0.15, -0.1) is 0 Å². The third-order valence-corrected chi connectivity index (χ3v) is 3.87. The number of benzene rings is 1. The van der Waals surface area contributed by atoms with E-state index in [1.54, 1.807) is 0 Å². The molecule has 2 aromatic rings. The van der Waals surface area contributed by atoms with Gasteiger partial charge in [0.25, 0.3) is 0 Å². The van der Waals surface area contributed by atoms with Gasteiger partial charge in [0.05, 0.1) is 11.0 Å². The Morgan fingerprint density at radius 3 is 3.00 bits per heavy atom. The lowest BCUT2D eigenvalue weighted by molar-refractivity contribution is 0.657. The third kappa shape index (κ3) is 2.72. The number of aromatic amines is 1. The van der Waals surface area contributed by atoms with Gasteiger partial charge >= 0.3 is 0 Å². The standard InChI is InChI=1S/C13H20N4S/c1-9(6-7-18-3)17(2)13-15-11-5-4-10(14)8-12(11)16-13/h4-5,8-9H,6-7,14H2,1-3H3,(H,15,16). The summed E-state index contributed by atoms with van der Waals surface area (Å²) < 4.78 is 0. The molecular weight excluding hydrogens is 244 g/mol. The third-order valence-electron chi connectivity index (χ3n) is 3.23. The summed E-state index contributed by atoms with van der Waals surface area (Å²) in [7, 11) is 2.08. The lowest BCUT2D eigenvalue weighted by Gasteiger charge is -2.23. The molecule has 18 heavy (non-hydrogen) atoms. The molecule has 1 heterocycles. The van der Waals surface area contributed by atoms with E-state index < -0.39 is 0 Å². The van der Waals surface area contributed by atoms with E-state index in [9.17, 15) is 0 Å². The summed E-state index contributed by atoms with van der Waals surface area (Å²) in [5.41, 5.74) is 8.49. The Kier molecular flexibility index (Phi) is 4.01. The molecule has 0 saturated heterocycles. The van der Waals surface area contributed by atoms with Crippen molar-refractivity contribution >= 4 is 34.4 Å². The predicted molar refractivity (Wildman–Crippen MR) is 81.4 cm³/mol. The minimum atomic E-state index is 0.468. The molecule has 5 heteroatoms. The first kappa shape index (κ1) is 13.1. The zero-order valence-corrected chi connectivity index (χ0v) is 11.9. The number of nitrogen functional groups attached to an aromatic ring is 1. The summed E-state index contributed by atoms with van der Waals surface area (Å²) in [6.45, 7) is 2.22. The molecule has 0 aliphatic heterocycles. The van der Waals surface area contributed by atoms with Crippen molar-refractivity contribution in [2.75, 3.05) is 29.7 Å². The average molecular weight is 264 g/mol. The Hall–Kier alpha value is -1.36. The first-order chi connectivity index (χ1) is 8.61. The molecule has 0 amide bonds. The SMILES string of the molecule is CSCCC(C)N(C)c1nc2ccc(N)cc2[nH]1. The number of hydrogen-bond donors (Lipinski definition) is 2. The van der Waals surface area contributed by atoms with Crippen LogP contribution in [0.2, 0.25) is 0 Å². The number of thioether (sulfide) groups is 1. The summed E-state index contributed by atoms with van der Waals surface area (Å²) >= 11 is 1.88. The summed E-state index contributed by atoms with van der Waals surface area (Å²) in [6.07, 6.45) is 3.29.